The lowest BCUT2D eigenvalue weighted by molar-refractivity contribution is -0.124. The molecule has 1 unspecified atom stereocenters. The molecule has 0 radical (unpaired) electrons. The number of benzene rings is 4. The van der Waals surface area contributed by atoms with Gasteiger partial charge in [0.1, 0.15) is 35.6 Å². The lowest BCUT2D eigenvalue weighted by Gasteiger charge is -2.42. The van der Waals surface area contributed by atoms with Gasteiger partial charge < -0.3 is 38.7 Å². The molecule has 0 saturated carbocycles. The van der Waals surface area contributed by atoms with Crippen molar-refractivity contribution in [3.8, 4) is 34.1 Å². The quantitative estimate of drug-likeness (QED) is 0.0339. The van der Waals surface area contributed by atoms with Crippen molar-refractivity contribution in [1.29, 1.82) is 0 Å². The van der Waals surface area contributed by atoms with Gasteiger partial charge in [-0.05, 0) is 101 Å². The van der Waals surface area contributed by atoms with Gasteiger partial charge in [-0.25, -0.2) is 4.79 Å². The molecule has 2 N–H and O–H groups in total. The highest BCUT2D eigenvalue weighted by molar-refractivity contribution is 6.77. The van der Waals surface area contributed by atoms with Gasteiger partial charge in [0.25, 0.3) is 0 Å². The summed E-state index contributed by atoms with van der Waals surface area (Å²) >= 11 is 0. The summed E-state index contributed by atoms with van der Waals surface area (Å²) in [7, 11) is 0.00342. The normalized spacial score (nSPS) is 14.3. The Morgan fingerprint density at radius 1 is 0.532 bits per heavy atom. The molecule has 0 aromatic heterocycles. The van der Waals surface area contributed by atoms with Gasteiger partial charge in [-0.15, -0.1) is 0 Å². The maximum Gasteiger partial charge on any atom is 0.407 e. The number of ether oxygens (including phenoxy) is 5. The van der Waals surface area contributed by atoms with Gasteiger partial charge in [0.15, 0.2) is 8.32 Å². The van der Waals surface area contributed by atoms with Crippen LogP contribution in [0, 0.1) is 5.92 Å². The van der Waals surface area contributed by atoms with Crippen molar-refractivity contribution in [2.24, 2.45) is 5.92 Å². The summed E-state index contributed by atoms with van der Waals surface area (Å²) in [5.74, 6) is 2.43. The highest BCUT2D eigenvalue weighted by atomic mass is 28.4. The maximum absolute atomic E-state index is 14.5. The van der Waals surface area contributed by atoms with Crippen LogP contribution in [0.15, 0.2) is 84.9 Å². The van der Waals surface area contributed by atoms with Crippen LogP contribution in [0.3, 0.4) is 0 Å². The predicted molar refractivity (Wildman–Crippen MR) is 317 cm³/mol. The van der Waals surface area contributed by atoms with Gasteiger partial charge in [-0.1, -0.05) is 194 Å². The van der Waals surface area contributed by atoms with Gasteiger partial charge in [0.05, 0.1) is 19.3 Å². The van der Waals surface area contributed by atoms with E-state index in [1.54, 1.807) is 7.11 Å². The van der Waals surface area contributed by atoms with E-state index in [0.29, 0.717) is 47.8 Å². The second-order valence-electron chi connectivity index (χ2n) is 23.3. The molecule has 0 spiro atoms. The van der Waals surface area contributed by atoms with Crippen molar-refractivity contribution >= 4 is 20.3 Å². The number of carbonyl (C=O) groups is 2. The van der Waals surface area contributed by atoms with Crippen LogP contribution in [0.25, 0.3) is 11.1 Å². The second kappa shape index (κ2) is 32.3. The molecule has 2 atom stereocenters. The first-order valence-electron chi connectivity index (χ1n) is 30.1. The number of hydrogen-bond acceptors (Lipinski definition) is 8. The molecule has 1 aliphatic heterocycles. The van der Waals surface area contributed by atoms with Crippen molar-refractivity contribution < 1.29 is 37.7 Å². The van der Waals surface area contributed by atoms with Crippen LogP contribution in [0.1, 0.15) is 212 Å². The van der Waals surface area contributed by atoms with E-state index in [1.807, 2.05) is 74.5 Å². The summed E-state index contributed by atoms with van der Waals surface area (Å²) in [6.45, 7) is 21.5. The van der Waals surface area contributed by atoms with Gasteiger partial charge in [0.2, 0.25) is 5.91 Å². The third kappa shape index (κ3) is 18.1. The molecule has 1 heterocycles. The van der Waals surface area contributed by atoms with Crippen molar-refractivity contribution in [3.05, 3.63) is 107 Å². The highest BCUT2D eigenvalue weighted by Crippen LogP contribution is 2.47. The average molecular weight is 1080 g/mol. The van der Waals surface area contributed by atoms with E-state index in [0.717, 1.165) is 90.2 Å². The van der Waals surface area contributed by atoms with E-state index >= 15 is 0 Å². The molecule has 10 nitrogen and oxygen atoms in total. The molecule has 11 heteroatoms. The van der Waals surface area contributed by atoms with E-state index in [-0.39, 0.29) is 24.3 Å². The van der Waals surface area contributed by atoms with Crippen LogP contribution in [-0.2, 0) is 18.7 Å². The van der Waals surface area contributed by atoms with Crippen LogP contribution >= 0.6 is 0 Å². The molecule has 4 aromatic carbocycles. The van der Waals surface area contributed by atoms with Gasteiger partial charge in [0, 0.05) is 49.5 Å². The smallest absolute Gasteiger partial charge is 0.407 e. The summed E-state index contributed by atoms with van der Waals surface area (Å²) < 4.78 is 37.2. The number of hydrogen-bond donors (Lipinski definition) is 2. The fourth-order valence-electron chi connectivity index (χ4n) is 12.2. The molecule has 0 fully saturated rings. The maximum atomic E-state index is 14.5. The zero-order valence-electron chi connectivity index (χ0n) is 48.9. The number of methoxy groups -OCH3 is 1. The average Bonchev–Trinajstić information content (AvgIpc) is 3.75. The van der Waals surface area contributed by atoms with E-state index < -0.39 is 26.5 Å². The molecule has 77 heavy (non-hydrogen) atoms. The van der Waals surface area contributed by atoms with E-state index in [4.69, 9.17) is 28.1 Å². The first-order valence-corrected chi connectivity index (χ1v) is 32.2. The van der Waals surface area contributed by atoms with Gasteiger partial charge >= 0.3 is 6.09 Å². The summed E-state index contributed by atoms with van der Waals surface area (Å²) in [5.41, 5.74) is 8.13. The summed E-state index contributed by atoms with van der Waals surface area (Å²) in [6, 6.07) is 26.9. The summed E-state index contributed by atoms with van der Waals surface area (Å²) in [6.07, 6.45) is 21.5. The van der Waals surface area contributed by atoms with Gasteiger partial charge in [-0.2, -0.15) is 0 Å². The first-order chi connectivity index (χ1) is 37.3. The Morgan fingerprint density at radius 3 is 1.40 bits per heavy atom. The van der Waals surface area contributed by atoms with E-state index in [2.05, 4.69) is 76.4 Å². The molecule has 2 aliphatic rings. The fraction of sp³-hybridized carbons (Fsp3) is 0.606. The van der Waals surface area contributed by atoms with Crippen LogP contribution in [0.4, 0.5) is 4.79 Å². The van der Waals surface area contributed by atoms with Crippen LogP contribution in [0.5, 0.6) is 23.0 Å². The molecule has 0 saturated heterocycles. The number of fused-ring (bicyclic) bond motifs is 5. The Kier molecular flexibility index (Phi) is 25.7. The molecule has 4 aromatic rings. The Labute approximate surface area is 466 Å². The van der Waals surface area contributed by atoms with Crippen molar-refractivity contribution in [3.63, 3.8) is 0 Å². The van der Waals surface area contributed by atoms with Gasteiger partial charge in [-0.3, -0.25) is 4.79 Å². The SMILES string of the molecule is COCCCCCCCCCCCOc1ccc2c(c1)Oc1cc(OCCCCCCCCCCCO[Si](C(C)C)(C(C)C)C(C)C)ccc1C2NC(=O)[C@H](CC(C)C)NC(=O)OCC1c2ccccc2-c2ccccc21. The second-order valence-corrected chi connectivity index (χ2v) is 28.8. The molecule has 424 valence electrons. The van der Waals surface area contributed by atoms with Crippen molar-refractivity contribution in [2.75, 3.05) is 40.1 Å². The molecule has 1 aliphatic carbocycles. The number of unbranched alkanes of at least 4 members (excludes halogenated alkanes) is 16. The zero-order chi connectivity index (χ0) is 55.0. The molecule has 2 amide bonds. The van der Waals surface area contributed by atoms with Crippen LogP contribution in [-0.4, -0.2) is 66.5 Å². The number of rotatable bonds is 37. The minimum absolute atomic E-state index is 0.0895. The molecule has 0 bridgehead atoms. The zero-order valence-corrected chi connectivity index (χ0v) is 49.9. The highest BCUT2D eigenvalue weighted by Gasteiger charge is 2.45. The minimum Gasteiger partial charge on any atom is -0.493 e. The number of amides is 2. The molecular formula is C66H98N2O8Si. The minimum atomic E-state index is -1.77. The standard InChI is InChI=1S/C66H98N2O8Si/c1-48(2)44-61(67-66(70)74-47-60-56-34-26-24-32-54(56)55-33-25-27-35-57(55)60)65(69)68-64-58-38-36-52(72-41-29-21-17-13-10-12-16-20-28-40-71-9)45-62(58)76-63-46-53(37-39-59(63)64)73-42-30-22-18-14-11-15-19-23-31-43-75-77(49(3)4,50(5)6)51(7)8/h24-27,32-39,45-46,48-51,60-61,64H,10-23,28-31,40-44,47H2,1-9H3,(H,67,70)(H,68,69)/t61-,64?/m0/s1. The lowest BCUT2D eigenvalue weighted by Crippen LogP contribution is -2.49. The van der Waals surface area contributed by atoms with Crippen LogP contribution < -0.4 is 24.8 Å². The molecule has 6 rings (SSSR count). The fourth-order valence-corrected chi connectivity index (χ4v) is 17.7. The summed E-state index contributed by atoms with van der Waals surface area (Å²) in [4.78, 5) is 28.1. The Bertz CT molecular complexity index is 2320. The Balaban J connectivity index is 1.02. The van der Waals surface area contributed by atoms with E-state index in [1.165, 1.54) is 83.5 Å². The third-order valence-corrected chi connectivity index (χ3v) is 22.3. The monoisotopic (exact) mass is 1070 g/mol. The first kappa shape index (κ1) is 61.4. The van der Waals surface area contributed by atoms with Crippen LogP contribution in [0.2, 0.25) is 16.6 Å². The number of carbonyl (C=O) groups excluding carboxylic acids is 2. The predicted octanol–water partition coefficient (Wildman–Crippen LogP) is 17.6. The number of nitrogens with one attached hydrogen (secondary N) is 2. The Hall–Kier alpha value is -4.84. The summed E-state index contributed by atoms with van der Waals surface area (Å²) in [5, 5.41) is 6.28. The van der Waals surface area contributed by atoms with Crippen molar-refractivity contribution in [1.82, 2.24) is 10.6 Å². The van der Waals surface area contributed by atoms with Crippen molar-refractivity contribution in [2.45, 2.75) is 212 Å². The largest absolute Gasteiger partial charge is 0.493 e. The molecular weight excluding hydrogens is 977 g/mol. The topological polar surface area (TPSA) is 114 Å². The Morgan fingerprint density at radius 2 is 0.961 bits per heavy atom. The number of alkyl carbamates (subject to hydrolysis) is 1. The lowest BCUT2D eigenvalue weighted by atomic mass is 9.93. The van der Waals surface area contributed by atoms with E-state index in [9.17, 15) is 9.59 Å². The third-order valence-electron chi connectivity index (χ3n) is 16.1.